The third kappa shape index (κ3) is 2.47. The lowest BCUT2D eigenvalue weighted by Gasteiger charge is -2.34. The number of piperidine rings is 1. The summed E-state index contributed by atoms with van der Waals surface area (Å²) in [5.74, 6) is 0.246. The van der Waals surface area contributed by atoms with Crippen molar-refractivity contribution in [3.63, 3.8) is 0 Å². The smallest absolute Gasteiger partial charge is 0.263 e. The number of hydrogen-bond acceptors (Lipinski definition) is 3. The summed E-state index contributed by atoms with van der Waals surface area (Å²) < 4.78 is 0.973. The van der Waals surface area contributed by atoms with Gasteiger partial charge in [0, 0.05) is 13.1 Å². The summed E-state index contributed by atoms with van der Waals surface area (Å²) in [6.07, 6.45) is 0.415. The molecule has 1 aromatic heterocycles. The highest BCUT2D eigenvalue weighted by molar-refractivity contribution is 9.11. The highest BCUT2D eigenvalue weighted by Gasteiger charge is 2.28. The van der Waals surface area contributed by atoms with E-state index in [2.05, 4.69) is 15.9 Å². The van der Waals surface area contributed by atoms with E-state index < -0.39 is 0 Å². The fourth-order valence-corrected chi connectivity index (χ4v) is 3.26. The average molecular weight is 304 g/mol. The van der Waals surface area contributed by atoms with Gasteiger partial charge >= 0.3 is 0 Å². The van der Waals surface area contributed by atoms with Crippen LogP contribution in [0.4, 0.5) is 0 Å². The summed E-state index contributed by atoms with van der Waals surface area (Å²) in [6.45, 7) is 3.28. The Balaban J connectivity index is 2.06. The number of likely N-dealkylation sites (tertiary alicyclic amines) is 1. The number of rotatable bonds is 1. The highest BCUT2D eigenvalue weighted by atomic mass is 79.9. The number of halogens is 1. The fraction of sp³-hybridized carbons (Fsp3) is 0.545. The lowest BCUT2D eigenvalue weighted by Crippen LogP contribution is -2.44. The third-order valence-corrected chi connectivity index (χ3v) is 4.54. The quantitative estimate of drug-likeness (QED) is 0.865. The predicted octanol–water partition coefficient (Wildman–Crippen LogP) is 2.35. The van der Waals surface area contributed by atoms with E-state index in [0.29, 0.717) is 19.5 Å². The van der Waals surface area contributed by atoms with E-state index in [1.165, 1.54) is 11.3 Å². The van der Waals surface area contributed by atoms with Crippen molar-refractivity contribution in [2.75, 3.05) is 13.1 Å². The molecule has 2 unspecified atom stereocenters. The Bertz CT molecular complexity index is 393. The molecule has 0 saturated carbocycles. The second kappa shape index (κ2) is 4.85. The molecule has 1 saturated heterocycles. The van der Waals surface area contributed by atoms with Crippen molar-refractivity contribution in [2.45, 2.75) is 19.4 Å². The molecule has 1 N–H and O–H groups in total. The molecule has 0 bridgehead atoms. The van der Waals surface area contributed by atoms with Crippen LogP contribution in [0.3, 0.4) is 0 Å². The molecular weight excluding hydrogens is 290 g/mol. The van der Waals surface area contributed by atoms with E-state index in [4.69, 9.17) is 0 Å². The Morgan fingerprint density at radius 3 is 2.94 bits per heavy atom. The number of nitrogens with zero attached hydrogens (tertiary/aromatic N) is 1. The van der Waals surface area contributed by atoms with E-state index in [0.717, 1.165) is 8.66 Å². The number of aliphatic hydroxyl groups excluding tert-OH is 1. The van der Waals surface area contributed by atoms with E-state index in [1.807, 2.05) is 24.0 Å². The molecule has 1 fully saturated rings. The minimum Gasteiger partial charge on any atom is -0.393 e. The van der Waals surface area contributed by atoms with Gasteiger partial charge in [0.2, 0.25) is 0 Å². The van der Waals surface area contributed by atoms with E-state index in [1.54, 1.807) is 0 Å². The van der Waals surface area contributed by atoms with E-state index in [9.17, 15) is 9.90 Å². The molecule has 1 aliphatic heterocycles. The van der Waals surface area contributed by atoms with Crippen LogP contribution < -0.4 is 0 Å². The largest absolute Gasteiger partial charge is 0.393 e. The minimum absolute atomic E-state index is 0.0782. The summed E-state index contributed by atoms with van der Waals surface area (Å²) in [4.78, 5) is 14.7. The van der Waals surface area contributed by atoms with Crippen LogP contribution in [0.1, 0.15) is 23.0 Å². The van der Waals surface area contributed by atoms with Gasteiger partial charge in [-0.05, 0) is 40.4 Å². The molecular formula is C11H14BrNO2S. The number of carbonyl (C=O) groups excluding carboxylic acids is 1. The topological polar surface area (TPSA) is 40.5 Å². The first-order valence-corrected chi connectivity index (χ1v) is 6.91. The van der Waals surface area contributed by atoms with Crippen LogP contribution in [0.25, 0.3) is 0 Å². The second-order valence-corrected chi connectivity index (χ2v) is 6.65. The molecule has 3 nitrogen and oxygen atoms in total. The summed E-state index contributed by atoms with van der Waals surface area (Å²) in [6, 6.07) is 3.73. The van der Waals surface area contributed by atoms with Gasteiger partial charge in [-0.2, -0.15) is 0 Å². The highest BCUT2D eigenvalue weighted by Crippen LogP contribution is 2.25. The van der Waals surface area contributed by atoms with Crippen molar-refractivity contribution in [1.29, 1.82) is 0 Å². The maximum atomic E-state index is 12.1. The Labute approximate surface area is 107 Å². The van der Waals surface area contributed by atoms with Crippen LogP contribution in [0.5, 0.6) is 0 Å². The lowest BCUT2D eigenvalue weighted by atomic mass is 9.97. The van der Waals surface area contributed by atoms with Gasteiger partial charge in [-0.25, -0.2) is 0 Å². The zero-order valence-corrected chi connectivity index (χ0v) is 11.4. The molecule has 0 spiro atoms. The average Bonchev–Trinajstić information content (AvgIpc) is 2.68. The Kier molecular flexibility index (Phi) is 3.66. The SMILES string of the molecule is CC1CN(C(=O)c2ccc(Br)s2)CCC1O. The van der Waals surface area contributed by atoms with Gasteiger partial charge in [-0.15, -0.1) is 11.3 Å². The number of amides is 1. The molecule has 0 aliphatic carbocycles. The molecule has 5 heteroatoms. The summed E-state index contributed by atoms with van der Waals surface area (Å²) >= 11 is 4.81. The molecule has 1 amide bonds. The third-order valence-electron chi connectivity index (χ3n) is 2.93. The molecule has 0 radical (unpaired) electrons. The monoisotopic (exact) mass is 303 g/mol. The van der Waals surface area contributed by atoms with Gasteiger partial charge in [0.25, 0.3) is 5.91 Å². The van der Waals surface area contributed by atoms with Crippen molar-refractivity contribution in [1.82, 2.24) is 4.90 Å². The standard InChI is InChI=1S/C11H14BrNO2S/c1-7-6-13(5-4-8(7)14)11(15)9-2-3-10(12)16-9/h2-3,7-8,14H,4-6H2,1H3. The number of thiophene rings is 1. The first kappa shape index (κ1) is 12.1. The van der Waals surface area contributed by atoms with Crippen molar-refractivity contribution < 1.29 is 9.90 Å². The molecule has 2 atom stereocenters. The van der Waals surface area contributed by atoms with Crippen molar-refractivity contribution >= 4 is 33.2 Å². The Hall–Kier alpha value is -0.390. The molecule has 2 heterocycles. The molecule has 1 aliphatic rings. The van der Waals surface area contributed by atoms with Crippen LogP contribution in [-0.2, 0) is 0 Å². The molecule has 88 valence electrons. The normalized spacial score (nSPS) is 25.8. The first-order valence-electron chi connectivity index (χ1n) is 5.30. The van der Waals surface area contributed by atoms with Gasteiger partial charge in [0.1, 0.15) is 0 Å². The first-order chi connectivity index (χ1) is 7.58. The van der Waals surface area contributed by atoms with Crippen LogP contribution in [0.2, 0.25) is 0 Å². The number of aliphatic hydroxyl groups is 1. The van der Waals surface area contributed by atoms with Crippen molar-refractivity contribution in [3.8, 4) is 0 Å². The van der Waals surface area contributed by atoms with Crippen molar-refractivity contribution in [2.24, 2.45) is 5.92 Å². The zero-order chi connectivity index (χ0) is 11.7. The van der Waals surface area contributed by atoms with Gasteiger partial charge in [-0.1, -0.05) is 6.92 Å². The summed E-state index contributed by atoms with van der Waals surface area (Å²) in [7, 11) is 0. The van der Waals surface area contributed by atoms with E-state index >= 15 is 0 Å². The Morgan fingerprint density at radius 2 is 2.38 bits per heavy atom. The molecule has 2 rings (SSSR count). The van der Waals surface area contributed by atoms with Crippen LogP contribution in [0.15, 0.2) is 15.9 Å². The predicted molar refractivity (Wildman–Crippen MR) is 67.7 cm³/mol. The second-order valence-electron chi connectivity index (χ2n) is 4.19. The zero-order valence-electron chi connectivity index (χ0n) is 9.02. The van der Waals surface area contributed by atoms with Crippen molar-refractivity contribution in [3.05, 3.63) is 20.8 Å². The maximum Gasteiger partial charge on any atom is 0.263 e. The Morgan fingerprint density at radius 1 is 1.62 bits per heavy atom. The van der Waals surface area contributed by atoms with Gasteiger partial charge < -0.3 is 10.0 Å². The minimum atomic E-state index is -0.265. The van der Waals surface area contributed by atoms with Gasteiger partial charge in [0.15, 0.2) is 0 Å². The molecule has 0 aromatic carbocycles. The molecule has 16 heavy (non-hydrogen) atoms. The van der Waals surface area contributed by atoms with Crippen LogP contribution >= 0.6 is 27.3 Å². The van der Waals surface area contributed by atoms with E-state index in [-0.39, 0.29) is 17.9 Å². The summed E-state index contributed by atoms with van der Waals surface area (Å²) in [5.41, 5.74) is 0. The summed E-state index contributed by atoms with van der Waals surface area (Å²) in [5, 5.41) is 9.61. The van der Waals surface area contributed by atoms with Gasteiger partial charge in [0.05, 0.1) is 14.8 Å². The van der Waals surface area contributed by atoms with Crippen LogP contribution in [0, 0.1) is 5.92 Å². The number of hydrogen-bond donors (Lipinski definition) is 1. The van der Waals surface area contributed by atoms with Gasteiger partial charge in [-0.3, -0.25) is 4.79 Å². The molecule has 1 aromatic rings. The lowest BCUT2D eigenvalue weighted by molar-refractivity contribution is 0.0300. The fourth-order valence-electron chi connectivity index (χ4n) is 1.90. The number of carbonyl (C=O) groups is 1. The van der Waals surface area contributed by atoms with Crippen LogP contribution in [-0.4, -0.2) is 35.1 Å². The maximum absolute atomic E-state index is 12.1.